The number of nitrogens with zero attached hydrogens (tertiary/aromatic N) is 1. The third-order valence-electron chi connectivity index (χ3n) is 6.22. The molecule has 206 valence electrons. The smallest absolute Gasteiger partial charge is 0.274 e. The lowest BCUT2D eigenvalue weighted by Crippen LogP contribution is -2.49. The number of nitrogens with one attached hydrogen (secondary N) is 4. The van der Waals surface area contributed by atoms with E-state index in [0.29, 0.717) is 41.4 Å². The summed E-state index contributed by atoms with van der Waals surface area (Å²) in [5.41, 5.74) is 0.696. The van der Waals surface area contributed by atoms with Crippen LogP contribution in [0.1, 0.15) is 73.8 Å². The van der Waals surface area contributed by atoms with Gasteiger partial charge in [-0.15, -0.1) is 0 Å². The first-order valence-electron chi connectivity index (χ1n) is 12.6. The first-order valence-corrected chi connectivity index (χ1v) is 13.3. The molecule has 4 N–H and O–H groups in total. The van der Waals surface area contributed by atoms with Gasteiger partial charge in [-0.3, -0.25) is 19.2 Å². The van der Waals surface area contributed by atoms with Gasteiger partial charge in [-0.2, -0.15) is 0 Å². The van der Waals surface area contributed by atoms with Crippen LogP contribution < -0.4 is 21.3 Å². The predicted octanol–water partition coefficient (Wildman–Crippen LogP) is 3.25. The van der Waals surface area contributed by atoms with Crippen LogP contribution in [0.25, 0.3) is 0 Å². The number of hydrogen-bond acceptors (Lipinski definition) is 6. The van der Waals surface area contributed by atoms with Crippen molar-refractivity contribution in [2.45, 2.75) is 71.5 Å². The second kappa shape index (κ2) is 13.1. The van der Waals surface area contributed by atoms with E-state index >= 15 is 0 Å². The van der Waals surface area contributed by atoms with Crippen LogP contribution >= 0.6 is 23.2 Å². The molecule has 38 heavy (non-hydrogen) atoms. The number of hydrogen-bond donors (Lipinski definition) is 4. The summed E-state index contributed by atoms with van der Waals surface area (Å²) in [4.78, 5) is 55.7. The number of fused-ring (bicyclic) bond motifs is 2. The molecule has 1 aromatic heterocycles. The Morgan fingerprint density at radius 1 is 1.13 bits per heavy atom. The standard InChI is InChI=1S/C26H33Cl2N5O5/c1-13(2)21-26-33-22(15(4)38-26)25(37)30-14(3)23(35)29-10-6-5-7-19(24(36)32-21)31-20(34)12-16-8-9-17(27)18(28)11-16/h8-9,11,13-14,19,21H,5-7,10,12H2,1-4H3,(H,29,35)(H,30,37)(H,31,34)(H,32,36)/t14-,19+,21+/m1/s1. The normalized spacial score (nSPS) is 21.4. The second-order valence-electron chi connectivity index (χ2n) is 9.71. The fourth-order valence-corrected chi connectivity index (χ4v) is 4.37. The zero-order valence-corrected chi connectivity index (χ0v) is 23.3. The molecule has 0 saturated carbocycles. The van der Waals surface area contributed by atoms with Gasteiger partial charge < -0.3 is 25.7 Å². The van der Waals surface area contributed by atoms with E-state index in [1.807, 2.05) is 13.8 Å². The minimum Gasteiger partial charge on any atom is -0.443 e. The fourth-order valence-electron chi connectivity index (χ4n) is 4.05. The van der Waals surface area contributed by atoms with Gasteiger partial charge in [0.1, 0.15) is 23.9 Å². The van der Waals surface area contributed by atoms with Gasteiger partial charge in [0.25, 0.3) is 5.91 Å². The molecule has 0 radical (unpaired) electrons. The van der Waals surface area contributed by atoms with Crippen molar-refractivity contribution in [3.8, 4) is 0 Å². The summed E-state index contributed by atoms with van der Waals surface area (Å²) >= 11 is 12.0. The number of carbonyl (C=O) groups is 4. The lowest BCUT2D eigenvalue weighted by Gasteiger charge is -2.24. The van der Waals surface area contributed by atoms with Gasteiger partial charge in [0.2, 0.25) is 23.6 Å². The number of amides is 4. The maximum absolute atomic E-state index is 13.4. The molecule has 4 amide bonds. The van der Waals surface area contributed by atoms with Crippen molar-refractivity contribution >= 4 is 46.8 Å². The van der Waals surface area contributed by atoms with E-state index < -0.39 is 29.9 Å². The molecule has 2 aromatic rings. The summed E-state index contributed by atoms with van der Waals surface area (Å²) in [5.74, 6) is -1.35. The predicted molar refractivity (Wildman–Crippen MR) is 143 cm³/mol. The van der Waals surface area contributed by atoms with Crippen LogP contribution in [-0.2, 0) is 20.8 Å². The number of benzene rings is 1. The first kappa shape index (κ1) is 29.4. The zero-order valence-electron chi connectivity index (χ0n) is 21.8. The van der Waals surface area contributed by atoms with Crippen LogP contribution in [0.4, 0.5) is 0 Å². The number of halogens is 2. The summed E-state index contributed by atoms with van der Waals surface area (Å²) in [6.07, 6.45) is 1.49. The quantitative estimate of drug-likeness (QED) is 0.448. The summed E-state index contributed by atoms with van der Waals surface area (Å²) in [5, 5.41) is 11.9. The SMILES string of the molecule is Cc1oc2nc1C(=O)N[C@H](C)C(=O)NCCCC[C@H](NC(=O)Cc1ccc(Cl)c(Cl)c1)C(=O)N[C@H]2C(C)C. The van der Waals surface area contributed by atoms with Crippen molar-refractivity contribution in [1.82, 2.24) is 26.3 Å². The summed E-state index contributed by atoms with van der Waals surface area (Å²) in [6.45, 7) is 7.30. The molecule has 0 fully saturated rings. The van der Waals surface area contributed by atoms with E-state index in [-0.39, 0.29) is 41.5 Å². The van der Waals surface area contributed by atoms with Gasteiger partial charge in [0.05, 0.1) is 16.5 Å². The topological polar surface area (TPSA) is 142 Å². The molecule has 0 saturated heterocycles. The molecule has 1 aliphatic heterocycles. The molecular formula is C26H33Cl2N5O5. The number of carbonyl (C=O) groups excluding carboxylic acids is 4. The van der Waals surface area contributed by atoms with E-state index in [2.05, 4.69) is 26.3 Å². The van der Waals surface area contributed by atoms with E-state index in [1.54, 1.807) is 32.0 Å². The number of aryl methyl sites for hydroxylation is 1. The monoisotopic (exact) mass is 565 g/mol. The van der Waals surface area contributed by atoms with Crippen molar-refractivity contribution in [3.05, 3.63) is 51.2 Å². The molecule has 1 aromatic carbocycles. The molecule has 1 aliphatic rings. The van der Waals surface area contributed by atoms with Crippen molar-refractivity contribution in [2.24, 2.45) is 5.92 Å². The fraction of sp³-hybridized carbons (Fsp3) is 0.500. The van der Waals surface area contributed by atoms with Crippen LogP contribution in [0.3, 0.4) is 0 Å². The molecule has 3 atom stereocenters. The molecule has 2 bridgehead atoms. The lowest BCUT2D eigenvalue weighted by atomic mass is 10.0. The molecule has 0 unspecified atom stereocenters. The first-order chi connectivity index (χ1) is 18.0. The van der Waals surface area contributed by atoms with Gasteiger partial charge in [-0.05, 0) is 56.7 Å². The largest absolute Gasteiger partial charge is 0.443 e. The summed E-state index contributed by atoms with van der Waals surface area (Å²) in [6, 6.07) is 2.66. The Kier molecular flexibility index (Phi) is 10.2. The lowest BCUT2D eigenvalue weighted by molar-refractivity contribution is -0.129. The summed E-state index contributed by atoms with van der Waals surface area (Å²) < 4.78 is 5.76. The van der Waals surface area contributed by atoms with E-state index in [0.717, 1.165) is 0 Å². The average molecular weight is 566 g/mol. The highest BCUT2D eigenvalue weighted by Crippen LogP contribution is 2.25. The maximum atomic E-state index is 13.4. The van der Waals surface area contributed by atoms with E-state index in [1.165, 1.54) is 0 Å². The molecule has 12 heteroatoms. The number of oxazole rings is 1. The van der Waals surface area contributed by atoms with Crippen molar-refractivity contribution in [2.75, 3.05) is 6.54 Å². The Morgan fingerprint density at radius 3 is 2.55 bits per heavy atom. The van der Waals surface area contributed by atoms with Crippen LogP contribution in [-0.4, -0.2) is 47.2 Å². The van der Waals surface area contributed by atoms with Crippen LogP contribution in [0.15, 0.2) is 22.6 Å². The van der Waals surface area contributed by atoms with Gasteiger partial charge in [0, 0.05) is 6.54 Å². The second-order valence-corrected chi connectivity index (χ2v) is 10.5. The van der Waals surface area contributed by atoms with E-state index in [9.17, 15) is 19.2 Å². The molecular weight excluding hydrogens is 533 g/mol. The summed E-state index contributed by atoms with van der Waals surface area (Å²) in [7, 11) is 0. The molecule has 0 aliphatic carbocycles. The zero-order chi connectivity index (χ0) is 28.0. The Hall–Kier alpha value is -3.11. The third-order valence-corrected chi connectivity index (χ3v) is 6.96. The van der Waals surface area contributed by atoms with Crippen molar-refractivity contribution in [1.29, 1.82) is 0 Å². The van der Waals surface area contributed by atoms with Crippen LogP contribution in [0, 0.1) is 12.8 Å². The molecule has 0 spiro atoms. The Bertz CT molecular complexity index is 1200. The van der Waals surface area contributed by atoms with Gasteiger partial charge in [-0.25, -0.2) is 4.98 Å². The molecule has 3 rings (SSSR count). The van der Waals surface area contributed by atoms with Gasteiger partial charge >= 0.3 is 0 Å². The van der Waals surface area contributed by atoms with Crippen molar-refractivity contribution in [3.63, 3.8) is 0 Å². The Labute approximate surface area is 231 Å². The third kappa shape index (κ3) is 7.70. The van der Waals surface area contributed by atoms with Crippen molar-refractivity contribution < 1.29 is 23.6 Å². The highest BCUT2D eigenvalue weighted by Gasteiger charge is 2.31. The Balaban J connectivity index is 1.84. The van der Waals surface area contributed by atoms with Gasteiger partial charge in [0.15, 0.2) is 5.69 Å². The number of rotatable bonds is 4. The number of aromatic nitrogens is 1. The minimum atomic E-state index is -0.840. The van der Waals surface area contributed by atoms with Crippen LogP contribution in [0.2, 0.25) is 10.0 Å². The highest BCUT2D eigenvalue weighted by molar-refractivity contribution is 6.42. The van der Waals surface area contributed by atoms with E-state index in [4.69, 9.17) is 27.6 Å². The minimum absolute atomic E-state index is 0.0135. The highest BCUT2D eigenvalue weighted by atomic mass is 35.5. The molecule has 2 heterocycles. The average Bonchev–Trinajstić information content (AvgIpc) is 3.23. The maximum Gasteiger partial charge on any atom is 0.274 e. The Morgan fingerprint density at radius 2 is 1.87 bits per heavy atom. The van der Waals surface area contributed by atoms with Gasteiger partial charge in [-0.1, -0.05) is 43.1 Å². The molecule has 10 nitrogen and oxygen atoms in total. The van der Waals surface area contributed by atoms with Crippen LogP contribution in [0.5, 0.6) is 0 Å².